The molecule has 0 bridgehead atoms. The molecule has 7 heteroatoms. The highest BCUT2D eigenvalue weighted by Crippen LogP contribution is 2.09. The van der Waals surface area contributed by atoms with Gasteiger partial charge in [0.15, 0.2) is 5.96 Å². The standard InChI is InChI=1S/C18H32N4O2S/c1-4-20-18(21-13-6-5-7-15(2)3)22-14-12-16-8-10-17(11-9-16)25(19,23)24/h8-11,15H,4-7,12-14H2,1-3H3,(H2,19,23,24)(H2,20,21,22). The summed E-state index contributed by atoms with van der Waals surface area (Å²) in [6.07, 6.45) is 4.33. The van der Waals surface area contributed by atoms with E-state index in [-0.39, 0.29) is 4.90 Å². The van der Waals surface area contributed by atoms with Gasteiger partial charge in [0.1, 0.15) is 0 Å². The van der Waals surface area contributed by atoms with Crippen molar-refractivity contribution in [3.8, 4) is 0 Å². The molecule has 0 fully saturated rings. The molecule has 0 amide bonds. The van der Waals surface area contributed by atoms with Crippen molar-refractivity contribution in [2.45, 2.75) is 51.3 Å². The Bertz CT molecular complexity index is 625. The lowest BCUT2D eigenvalue weighted by Crippen LogP contribution is -2.38. The molecule has 0 aliphatic rings. The number of hydrogen-bond acceptors (Lipinski definition) is 3. The third-order valence-electron chi connectivity index (χ3n) is 3.76. The third-order valence-corrected chi connectivity index (χ3v) is 4.69. The molecule has 0 aliphatic heterocycles. The van der Waals surface area contributed by atoms with Crippen molar-refractivity contribution in [2.75, 3.05) is 19.6 Å². The highest BCUT2D eigenvalue weighted by atomic mass is 32.2. The number of nitrogens with two attached hydrogens (primary N) is 1. The number of sulfonamides is 1. The first-order chi connectivity index (χ1) is 11.8. The van der Waals surface area contributed by atoms with Crippen molar-refractivity contribution in [3.63, 3.8) is 0 Å². The molecule has 0 aliphatic carbocycles. The zero-order valence-electron chi connectivity index (χ0n) is 15.6. The maximum absolute atomic E-state index is 11.2. The van der Waals surface area contributed by atoms with Gasteiger partial charge < -0.3 is 10.6 Å². The number of rotatable bonds is 10. The van der Waals surface area contributed by atoms with Gasteiger partial charge >= 0.3 is 0 Å². The van der Waals surface area contributed by atoms with Gasteiger partial charge in [0.2, 0.25) is 10.0 Å². The predicted octanol–water partition coefficient (Wildman–Crippen LogP) is 2.26. The van der Waals surface area contributed by atoms with Gasteiger partial charge in [-0.05, 0) is 43.4 Å². The number of benzene rings is 1. The largest absolute Gasteiger partial charge is 0.357 e. The van der Waals surface area contributed by atoms with Crippen LogP contribution in [0.1, 0.15) is 45.6 Å². The molecule has 1 rings (SSSR count). The van der Waals surface area contributed by atoms with E-state index in [1.54, 1.807) is 24.3 Å². The molecule has 0 heterocycles. The van der Waals surface area contributed by atoms with E-state index in [1.807, 2.05) is 6.92 Å². The summed E-state index contributed by atoms with van der Waals surface area (Å²) in [4.78, 5) is 4.73. The predicted molar refractivity (Wildman–Crippen MR) is 104 cm³/mol. The number of primary sulfonamides is 1. The lowest BCUT2D eigenvalue weighted by atomic mass is 10.1. The molecule has 0 spiro atoms. The molecule has 1 aromatic carbocycles. The SMILES string of the molecule is CCNC(=NCCCCC(C)C)NCCc1ccc(S(N)(=O)=O)cc1. The normalized spacial score (nSPS) is 12.4. The second-order valence-electron chi connectivity index (χ2n) is 6.52. The summed E-state index contributed by atoms with van der Waals surface area (Å²) in [7, 11) is -3.63. The molecule has 0 atom stereocenters. The second-order valence-corrected chi connectivity index (χ2v) is 8.08. The average Bonchev–Trinajstić information content (AvgIpc) is 2.54. The summed E-state index contributed by atoms with van der Waals surface area (Å²) < 4.78 is 22.5. The van der Waals surface area contributed by atoms with Gasteiger partial charge in [0.05, 0.1) is 4.90 Å². The monoisotopic (exact) mass is 368 g/mol. The van der Waals surface area contributed by atoms with Crippen LogP contribution in [0.5, 0.6) is 0 Å². The van der Waals surface area contributed by atoms with Crippen LogP contribution in [0.25, 0.3) is 0 Å². The fourth-order valence-electron chi connectivity index (χ4n) is 2.37. The fourth-order valence-corrected chi connectivity index (χ4v) is 2.88. The maximum atomic E-state index is 11.2. The minimum Gasteiger partial charge on any atom is -0.357 e. The van der Waals surface area contributed by atoms with E-state index in [1.165, 1.54) is 12.8 Å². The number of nitrogens with one attached hydrogen (secondary N) is 2. The summed E-state index contributed by atoms with van der Waals surface area (Å²) in [6, 6.07) is 6.66. The van der Waals surface area contributed by atoms with E-state index in [4.69, 9.17) is 5.14 Å². The highest BCUT2D eigenvalue weighted by Gasteiger charge is 2.06. The summed E-state index contributed by atoms with van der Waals surface area (Å²) in [5.74, 6) is 1.57. The topological polar surface area (TPSA) is 96.6 Å². The molecule has 4 N–H and O–H groups in total. The van der Waals surface area contributed by atoms with E-state index in [0.29, 0.717) is 0 Å². The summed E-state index contributed by atoms with van der Waals surface area (Å²) in [5.41, 5.74) is 1.05. The van der Waals surface area contributed by atoms with Gasteiger partial charge in [-0.25, -0.2) is 13.6 Å². The van der Waals surface area contributed by atoms with Crippen LogP contribution in [-0.4, -0.2) is 34.0 Å². The van der Waals surface area contributed by atoms with Gasteiger partial charge in [-0.15, -0.1) is 0 Å². The van der Waals surface area contributed by atoms with Crippen molar-refractivity contribution in [1.29, 1.82) is 0 Å². The Kier molecular flexibility index (Phi) is 9.52. The summed E-state index contributed by atoms with van der Waals surface area (Å²) in [5, 5.41) is 11.7. The second kappa shape index (κ2) is 11.1. The van der Waals surface area contributed by atoms with Crippen molar-refractivity contribution >= 4 is 16.0 Å². The molecule has 6 nitrogen and oxygen atoms in total. The Morgan fingerprint density at radius 1 is 1.16 bits per heavy atom. The van der Waals surface area contributed by atoms with E-state index in [2.05, 4.69) is 29.5 Å². The molecule has 0 saturated heterocycles. The van der Waals surface area contributed by atoms with Gasteiger partial charge in [-0.1, -0.05) is 38.8 Å². The van der Waals surface area contributed by atoms with E-state index in [9.17, 15) is 8.42 Å². The van der Waals surface area contributed by atoms with E-state index < -0.39 is 10.0 Å². The lowest BCUT2D eigenvalue weighted by Gasteiger charge is -2.11. The molecule has 0 aromatic heterocycles. The van der Waals surface area contributed by atoms with Crippen LogP contribution < -0.4 is 15.8 Å². The van der Waals surface area contributed by atoms with E-state index >= 15 is 0 Å². The smallest absolute Gasteiger partial charge is 0.238 e. The number of aliphatic imine (C=N–C) groups is 1. The molecular formula is C18H32N4O2S. The van der Waals surface area contributed by atoms with Crippen LogP contribution >= 0.6 is 0 Å². The Balaban J connectivity index is 2.41. The van der Waals surface area contributed by atoms with Crippen LogP contribution in [0.3, 0.4) is 0 Å². The summed E-state index contributed by atoms with van der Waals surface area (Å²) in [6.45, 7) is 8.90. The van der Waals surface area contributed by atoms with Gasteiger partial charge in [0, 0.05) is 19.6 Å². The van der Waals surface area contributed by atoms with Crippen molar-refractivity contribution in [2.24, 2.45) is 16.0 Å². The molecule has 1 aromatic rings. The molecule has 142 valence electrons. The van der Waals surface area contributed by atoms with Gasteiger partial charge in [-0.3, -0.25) is 4.99 Å². The number of nitrogens with zero attached hydrogens (tertiary/aromatic N) is 1. The Hall–Kier alpha value is -1.60. The fraction of sp³-hybridized carbons (Fsp3) is 0.611. The average molecular weight is 369 g/mol. The van der Waals surface area contributed by atoms with Crippen LogP contribution in [-0.2, 0) is 16.4 Å². The Labute approximate surface area is 152 Å². The quantitative estimate of drug-likeness (QED) is 0.335. The van der Waals surface area contributed by atoms with Crippen LogP contribution in [0.2, 0.25) is 0 Å². The number of hydrogen-bond donors (Lipinski definition) is 3. The molecule has 25 heavy (non-hydrogen) atoms. The van der Waals surface area contributed by atoms with E-state index in [0.717, 1.165) is 49.9 Å². The number of unbranched alkanes of at least 4 members (excludes halogenated alkanes) is 1. The van der Waals surface area contributed by atoms with Crippen LogP contribution in [0.4, 0.5) is 0 Å². The summed E-state index contributed by atoms with van der Waals surface area (Å²) >= 11 is 0. The maximum Gasteiger partial charge on any atom is 0.238 e. The molecule has 0 unspecified atom stereocenters. The first-order valence-electron chi connectivity index (χ1n) is 8.97. The minimum atomic E-state index is -3.63. The van der Waals surface area contributed by atoms with Crippen molar-refractivity contribution < 1.29 is 8.42 Å². The molecule has 0 saturated carbocycles. The first kappa shape index (κ1) is 21.4. The minimum absolute atomic E-state index is 0.139. The zero-order valence-corrected chi connectivity index (χ0v) is 16.4. The number of guanidine groups is 1. The van der Waals surface area contributed by atoms with Crippen molar-refractivity contribution in [1.82, 2.24) is 10.6 Å². The van der Waals surface area contributed by atoms with Crippen LogP contribution in [0, 0.1) is 5.92 Å². The highest BCUT2D eigenvalue weighted by molar-refractivity contribution is 7.89. The van der Waals surface area contributed by atoms with Gasteiger partial charge in [-0.2, -0.15) is 0 Å². The Morgan fingerprint density at radius 2 is 1.84 bits per heavy atom. The van der Waals surface area contributed by atoms with Crippen LogP contribution in [0.15, 0.2) is 34.2 Å². The van der Waals surface area contributed by atoms with Gasteiger partial charge in [0.25, 0.3) is 0 Å². The molecular weight excluding hydrogens is 336 g/mol. The first-order valence-corrected chi connectivity index (χ1v) is 10.5. The van der Waals surface area contributed by atoms with Crippen molar-refractivity contribution in [3.05, 3.63) is 29.8 Å². The lowest BCUT2D eigenvalue weighted by molar-refractivity contribution is 0.541. The molecule has 0 radical (unpaired) electrons. The third kappa shape index (κ3) is 9.45. The Morgan fingerprint density at radius 3 is 2.40 bits per heavy atom. The zero-order chi connectivity index (χ0) is 18.7.